The van der Waals surface area contributed by atoms with E-state index in [1.54, 1.807) is 24.3 Å². The molecule has 0 bridgehead atoms. The maximum absolute atomic E-state index is 13.1. The maximum Gasteiger partial charge on any atom is 0.193 e. The fraction of sp³-hybridized carbons (Fsp3) is 0.133. The first-order chi connectivity index (χ1) is 8.58. The maximum atomic E-state index is 13.1. The van der Waals surface area contributed by atoms with Crippen LogP contribution in [0.15, 0.2) is 48.5 Å². The Balaban J connectivity index is 2.37. The highest BCUT2D eigenvalue weighted by molar-refractivity contribution is 6.09. The van der Waals surface area contributed by atoms with E-state index in [0.29, 0.717) is 11.1 Å². The number of carbonyl (C=O) groups is 1. The summed E-state index contributed by atoms with van der Waals surface area (Å²) in [7, 11) is 3.82. The summed E-state index contributed by atoms with van der Waals surface area (Å²) in [5, 5.41) is 0. The summed E-state index contributed by atoms with van der Waals surface area (Å²) in [4.78, 5) is 14.1. The van der Waals surface area contributed by atoms with E-state index in [0.717, 1.165) is 5.69 Å². The monoisotopic (exact) mass is 243 g/mol. The highest BCUT2D eigenvalue weighted by Gasteiger charge is 2.10. The van der Waals surface area contributed by atoms with Crippen molar-refractivity contribution >= 4 is 11.5 Å². The fourth-order valence-corrected chi connectivity index (χ4v) is 1.72. The molecule has 2 rings (SSSR count). The Morgan fingerprint density at radius 2 is 1.61 bits per heavy atom. The van der Waals surface area contributed by atoms with Crippen LogP contribution in [-0.4, -0.2) is 19.9 Å². The average Bonchev–Trinajstić information content (AvgIpc) is 2.38. The Kier molecular flexibility index (Phi) is 3.42. The van der Waals surface area contributed by atoms with Gasteiger partial charge in [0.2, 0.25) is 0 Å². The van der Waals surface area contributed by atoms with Gasteiger partial charge in [-0.1, -0.05) is 24.3 Å². The van der Waals surface area contributed by atoms with Crippen LogP contribution >= 0.6 is 0 Å². The second-order valence-electron chi connectivity index (χ2n) is 4.28. The molecule has 0 spiro atoms. The van der Waals surface area contributed by atoms with Crippen LogP contribution in [0.4, 0.5) is 10.1 Å². The molecule has 0 saturated heterocycles. The van der Waals surface area contributed by atoms with Crippen molar-refractivity contribution in [3.05, 3.63) is 65.5 Å². The third-order valence-electron chi connectivity index (χ3n) is 2.71. The predicted molar refractivity (Wildman–Crippen MR) is 70.6 cm³/mol. The summed E-state index contributed by atoms with van der Waals surface area (Å²) in [6.45, 7) is 0. The van der Waals surface area contributed by atoms with Crippen LogP contribution in [0.25, 0.3) is 0 Å². The Bertz CT molecular complexity index is 578. The smallest absolute Gasteiger partial charge is 0.193 e. The summed E-state index contributed by atoms with van der Waals surface area (Å²) >= 11 is 0. The first-order valence-electron chi connectivity index (χ1n) is 5.65. The van der Waals surface area contributed by atoms with Crippen LogP contribution in [0.2, 0.25) is 0 Å². The van der Waals surface area contributed by atoms with Gasteiger partial charge in [-0.15, -0.1) is 0 Å². The van der Waals surface area contributed by atoms with Crippen LogP contribution in [0.3, 0.4) is 0 Å². The number of nitrogens with zero attached hydrogens (tertiary/aromatic N) is 1. The lowest BCUT2D eigenvalue weighted by atomic mass is 10.0. The predicted octanol–water partition coefficient (Wildman–Crippen LogP) is 3.12. The zero-order chi connectivity index (χ0) is 13.1. The third-order valence-corrected chi connectivity index (χ3v) is 2.71. The van der Waals surface area contributed by atoms with Crippen molar-refractivity contribution in [3.63, 3.8) is 0 Å². The van der Waals surface area contributed by atoms with E-state index >= 15 is 0 Å². The Labute approximate surface area is 106 Å². The van der Waals surface area contributed by atoms with E-state index in [4.69, 9.17) is 0 Å². The Morgan fingerprint density at radius 3 is 2.22 bits per heavy atom. The number of anilines is 1. The van der Waals surface area contributed by atoms with Gasteiger partial charge in [-0.2, -0.15) is 0 Å². The molecule has 0 unspecified atom stereocenters. The molecule has 0 N–H and O–H groups in total. The fourth-order valence-electron chi connectivity index (χ4n) is 1.72. The van der Waals surface area contributed by atoms with Crippen molar-refractivity contribution < 1.29 is 9.18 Å². The summed E-state index contributed by atoms with van der Waals surface area (Å²) in [5.74, 6) is -0.567. The van der Waals surface area contributed by atoms with Gasteiger partial charge in [0, 0.05) is 30.9 Å². The Hall–Kier alpha value is -2.16. The lowest BCUT2D eigenvalue weighted by Crippen LogP contribution is -2.10. The van der Waals surface area contributed by atoms with E-state index in [1.807, 2.05) is 31.1 Å². The molecule has 0 amide bonds. The minimum atomic E-state index is -0.399. The van der Waals surface area contributed by atoms with Gasteiger partial charge < -0.3 is 4.90 Å². The molecule has 0 aliphatic carbocycles. The Morgan fingerprint density at radius 1 is 1.00 bits per heavy atom. The highest BCUT2D eigenvalue weighted by Crippen LogP contribution is 2.17. The highest BCUT2D eigenvalue weighted by atomic mass is 19.1. The second-order valence-corrected chi connectivity index (χ2v) is 4.28. The molecule has 2 aromatic rings. The van der Waals surface area contributed by atoms with Crippen molar-refractivity contribution in [1.29, 1.82) is 0 Å². The molecule has 0 fully saturated rings. The molecule has 3 heteroatoms. The van der Waals surface area contributed by atoms with Crippen molar-refractivity contribution in [3.8, 4) is 0 Å². The largest absolute Gasteiger partial charge is 0.378 e. The molecule has 92 valence electrons. The number of ketones is 1. The molecule has 18 heavy (non-hydrogen) atoms. The number of hydrogen-bond acceptors (Lipinski definition) is 2. The number of carbonyl (C=O) groups excluding carboxylic acids is 1. The molecular formula is C15H14FNO. The lowest BCUT2D eigenvalue weighted by molar-refractivity contribution is 0.103. The standard InChI is InChI=1S/C15H14FNO/c1-17(2)14-8-4-6-12(10-14)15(18)11-5-3-7-13(16)9-11/h3-10H,1-2H3. The third kappa shape index (κ3) is 2.56. The number of halogens is 1. The SMILES string of the molecule is CN(C)c1cccc(C(=O)c2cccc(F)c2)c1. The molecule has 0 saturated carbocycles. The molecule has 2 nitrogen and oxygen atoms in total. The van der Waals surface area contributed by atoms with E-state index in [1.165, 1.54) is 12.1 Å². The minimum Gasteiger partial charge on any atom is -0.378 e. The topological polar surface area (TPSA) is 20.3 Å². The number of benzene rings is 2. The molecule has 0 aliphatic heterocycles. The van der Waals surface area contributed by atoms with E-state index < -0.39 is 5.82 Å². The molecule has 0 radical (unpaired) electrons. The van der Waals surface area contributed by atoms with Gasteiger partial charge in [0.1, 0.15) is 5.82 Å². The average molecular weight is 243 g/mol. The normalized spacial score (nSPS) is 10.2. The van der Waals surface area contributed by atoms with Gasteiger partial charge >= 0.3 is 0 Å². The lowest BCUT2D eigenvalue weighted by Gasteiger charge is -2.13. The van der Waals surface area contributed by atoms with Crippen LogP contribution in [0.5, 0.6) is 0 Å². The molecule has 0 atom stereocenters. The van der Waals surface area contributed by atoms with Gasteiger partial charge in [0.15, 0.2) is 5.78 Å². The van der Waals surface area contributed by atoms with Gasteiger partial charge in [-0.25, -0.2) is 4.39 Å². The molecule has 0 aromatic heterocycles. The van der Waals surface area contributed by atoms with E-state index in [2.05, 4.69) is 0 Å². The van der Waals surface area contributed by atoms with E-state index in [-0.39, 0.29) is 5.78 Å². The summed E-state index contributed by atoms with van der Waals surface area (Å²) in [6, 6.07) is 13.0. The number of rotatable bonds is 3. The number of hydrogen-bond donors (Lipinski definition) is 0. The van der Waals surface area contributed by atoms with Crippen LogP contribution in [0.1, 0.15) is 15.9 Å². The molecule has 0 aliphatic rings. The van der Waals surface area contributed by atoms with Gasteiger partial charge in [0.25, 0.3) is 0 Å². The van der Waals surface area contributed by atoms with E-state index in [9.17, 15) is 9.18 Å². The van der Waals surface area contributed by atoms with Gasteiger partial charge in [0.05, 0.1) is 0 Å². The second kappa shape index (κ2) is 5.00. The first kappa shape index (κ1) is 12.3. The van der Waals surface area contributed by atoms with Crippen LogP contribution < -0.4 is 4.90 Å². The molecular weight excluding hydrogens is 229 g/mol. The summed E-state index contributed by atoms with van der Waals surface area (Å²) in [5.41, 5.74) is 1.87. The minimum absolute atomic E-state index is 0.168. The van der Waals surface area contributed by atoms with Crippen LogP contribution in [-0.2, 0) is 0 Å². The first-order valence-corrected chi connectivity index (χ1v) is 5.65. The summed E-state index contributed by atoms with van der Waals surface area (Å²) < 4.78 is 13.1. The summed E-state index contributed by atoms with van der Waals surface area (Å²) in [6.07, 6.45) is 0. The van der Waals surface area contributed by atoms with Crippen molar-refractivity contribution in [2.45, 2.75) is 0 Å². The van der Waals surface area contributed by atoms with Gasteiger partial charge in [-0.05, 0) is 24.3 Å². The zero-order valence-corrected chi connectivity index (χ0v) is 10.4. The quantitative estimate of drug-likeness (QED) is 0.772. The molecule has 2 aromatic carbocycles. The molecule has 0 heterocycles. The van der Waals surface area contributed by atoms with Gasteiger partial charge in [-0.3, -0.25) is 4.79 Å². The zero-order valence-electron chi connectivity index (χ0n) is 10.4. The van der Waals surface area contributed by atoms with Crippen LogP contribution in [0, 0.1) is 5.82 Å². The van der Waals surface area contributed by atoms with Crippen molar-refractivity contribution in [2.24, 2.45) is 0 Å². The van der Waals surface area contributed by atoms with Crippen molar-refractivity contribution in [1.82, 2.24) is 0 Å². The van der Waals surface area contributed by atoms with Crippen molar-refractivity contribution in [2.75, 3.05) is 19.0 Å².